The van der Waals surface area contributed by atoms with Crippen LogP contribution in [0.5, 0.6) is 0 Å². The SMILES string of the molecule is CC(C)(C)OC(=O)N1CC(NC(=O)c2cnccc2Nc2ccc(I)cc2F)C1. The van der Waals surface area contributed by atoms with Crippen LogP contribution in [-0.4, -0.2) is 46.6 Å². The number of nitrogens with zero attached hydrogens (tertiary/aromatic N) is 2. The highest BCUT2D eigenvalue weighted by Gasteiger charge is 2.34. The number of rotatable bonds is 4. The summed E-state index contributed by atoms with van der Waals surface area (Å²) < 4.78 is 20.2. The first-order valence-electron chi connectivity index (χ1n) is 9.07. The van der Waals surface area contributed by atoms with Crippen LogP contribution in [0.4, 0.5) is 20.6 Å². The minimum Gasteiger partial charge on any atom is -0.444 e. The average Bonchev–Trinajstić information content (AvgIpc) is 2.58. The van der Waals surface area contributed by atoms with Gasteiger partial charge in [0.25, 0.3) is 5.91 Å². The standard InChI is InChI=1S/C20H22FIN4O3/c1-20(2,3)29-19(28)26-10-13(11-26)24-18(27)14-9-23-7-6-16(14)25-17-5-4-12(22)8-15(17)21/h4-9,13H,10-11H2,1-3H3,(H,23,25)(H,24,27). The van der Waals surface area contributed by atoms with E-state index < -0.39 is 17.5 Å². The number of likely N-dealkylation sites (tertiary alicyclic amines) is 1. The lowest BCUT2D eigenvalue weighted by Gasteiger charge is -2.40. The number of aromatic nitrogens is 1. The fourth-order valence-corrected chi connectivity index (χ4v) is 3.18. The summed E-state index contributed by atoms with van der Waals surface area (Å²) in [6.45, 7) is 6.15. The van der Waals surface area contributed by atoms with E-state index in [1.54, 1.807) is 39.0 Å². The Morgan fingerprint density at radius 2 is 1.97 bits per heavy atom. The van der Waals surface area contributed by atoms with Crippen LogP contribution in [0.1, 0.15) is 31.1 Å². The molecule has 2 heterocycles. The highest BCUT2D eigenvalue weighted by Crippen LogP contribution is 2.24. The van der Waals surface area contributed by atoms with Gasteiger partial charge in [-0.2, -0.15) is 0 Å². The van der Waals surface area contributed by atoms with Crippen molar-refractivity contribution in [3.8, 4) is 0 Å². The molecule has 154 valence electrons. The molecule has 3 rings (SSSR count). The van der Waals surface area contributed by atoms with E-state index in [4.69, 9.17) is 4.74 Å². The Morgan fingerprint density at radius 1 is 1.24 bits per heavy atom. The summed E-state index contributed by atoms with van der Waals surface area (Å²) >= 11 is 2.03. The molecule has 0 spiro atoms. The number of hydrogen-bond donors (Lipinski definition) is 2. The van der Waals surface area contributed by atoms with Crippen LogP contribution < -0.4 is 10.6 Å². The molecule has 0 radical (unpaired) electrons. The first-order chi connectivity index (χ1) is 13.6. The smallest absolute Gasteiger partial charge is 0.410 e. The zero-order valence-electron chi connectivity index (χ0n) is 16.3. The highest BCUT2D eigenvalue weighted by molar-refractivity contribution is 14.1. The molecule has 1 aromatic heterocycles. The Morgan fingerprint density at radius 3 is 2.62 bits per heavy atom. The minimum atomic E-state index is -0.563. The van der Waals surface area contributed by atoms with Crippen molar-refractivity contribution in [3.63, 3.8) is 0 Å². The lowest BCUT2D eigenvalue weighted by atomic mass is 10.1. The van der Waals surface area contributed by atoms with E-state index in [0.29, 0.717) is 24.3 Å². The van der Waals surface area contributed by atoms with Gasteiger partial charge in [0.1, 0.15) is 11.4 Å². The third kappa shape index (κ3) is 5.55. The maximum atomic E-state index is 14.1. The molecule has 2 N–H and O–H groups in total. The zero-order chi connectivity index (χ0) is 21.2. The van der Waals surface area contributed by atoms with Gasteiger partial charge in [-0.1, -0.05) is 0 Å². The molecule has 1 aliphatic heterocycles. The van der Waals surface area contributed by atoms with E-state index in [0.717, 1.165) is 3.57 Å². The summed E-state index contributed by atoms with van der Waals surface area (Å²) in [5.41, 5.74) is 0.444. The van der Waals surface area contributed by atoms with Crippen LogP contribution >= 0.6 is 22.6 Å². The molecule has 1 aromatic carbocycles. The van der Waals surface area contributed by atoms with Gasteiger partial charge >= 0.3 is 6.09 Å². The minimum absolute atomic E-state index is 0.182. The predicted octanol–water partition coefficient (Wildman–Crippen LogP) is 3.92. The molecular formula is C20H22FIN4O3. The third-order valence-electron chi connectivity index (χ3n) is 4.13. The first-order valence-corrected chi connectivity index (χ1v) is 10.1. The van der Waals surface area contributed by atoms with Crippen molar-refractivity contribution in [2.24, 2.45) is 0 Å². The van der Waals surface area contributed by atoms with E-state index in [1.807, 2.05) is 22.6 Å². The molecule has 1 aliphatic rings. The van der Waals surface area contributed by atoms with Gasteiger partial charge in [-0.05, 0) is 67.6 Å². The molecule has 9 heteroatoms. The zero-order valence-corrected chi connectivity index (χ0v) is 18.5. The Bertz CT molecular complexity index is 926. The molecular weight excluding hydrogens is 490 g/mol. The summed E-state index contributed by atoms with van der Waals surface area (Å²) in [5, 5.41) is 5.81. The monoisotopic (exact) mass is 512 g/mol. The lowest BCUT2D eigenvalue weighted by Crippen LogP contribution is -2.61. The largest absolute Gasteiger partial charge is 0.444 e. The van der Waals surface area contributed by atoms with Crippen LogP contribution in [0.3, 0.4) is 0 Å². The van der Waals surface area contributed by atoms with Crippen molar-refractivity contribution in [3.05, 3.63) is 51.6 Å². The van der Waals surface area contributed by atoms with Crippen molar-refractivity contribution in [2.75, 3.05) is 18.4 Å². The summed E-state index contributed by atoms with van der Waals surface area (Å²) in [5.74, 6) is -0.757. The van der Waals surface area contributed by atoms with Gasteiger partial charge in [0.2, 0.25) is 0 Å². The number of anilines is 2. The number of pyridine rings is 1. The molecule has 29 heavy (non-hydrogen) atoms. The van der Waals surface area contributed by atoms with Gasteiger partial charge in [-0.3, -0.25) is 9.78 Å². The molecule has 0 atom stereocenters. The summed E-state index contributed by atoms with van der Waals surface area (Å²) in [4.78, 5) is 30.2. The maximum Gasteiger partial charge on any atom is 0.410 e. The van der Waals surface area contributed by atoms with Crippen molar-refractivity contribution in [1.82, 2.24) is 15.2 Å². The first kappa shape index (κ1) is 21.3. The van der Waals surface area contributed by atoms with E-state index in [1.165, 1.54) is 23.4 Å². The van der Waals surface area contributed by atoms with Crippen molar-refractivity contribution in [1.29, 1.82) is 0 Å². The summed E-state index contributed by atoms with van der Waals surface area (Å²) in [6.07, 6.45) is 2.55. The van der Waals surface area contributed by atoms with Gasteiger partial charge in [0, 0.05) is 29.1 Å². The van der Waals surface area contributed by atoms with Crippen molar-refractivity contribution >= 4 is 46.0 Å². The molecule has 0 aliphatic carbocycles. The molecule has 2 amide bonds. The second kappa shape index (κ2) is 8.52. The van der Waals surface area contributed by atoms with Crippen molar-refractivity contribution in [2.45, 2.75) is 32.4 Å². The molecule has 0 bridgehead atoms. The van der Waals surface area contributed by atoms with E-state index in [-0.39, 0.29) is 17.6 Å². The molecule has 0 saturated carbocycles. The van der Waals surface area contributed by atoms with Gasteiger partial charge in [-0.25, -0.2) is 9.18 Å². The lowest BCUT2D eigenvalue weighted by molar-refractivity contribution is 0.00533. The number of carbonyl (C=O) groups excluding carboxylic acids is 2. The number of ether oxygens (including phenoxy) is 1. The quantitative estimate of drug-likeness (QED) is 0.608. The Labute approximate surface area is 182 Å². The molecule has 1 saturated heterocycles. The number of nitrogens with one attached hydrogen (secondary N) is 2. The van der Waals surface area contributed by atoms with Crippen molar-refractivity contribution < 1.29 is 18.7 Å². The fraction of sp³-hybridized carbons (Fsp3) is 0.350. The predicted molar refractivity (Wildman–Crippen MR) is 116 cm³/mol. The van der Waals surface area contributed by atoms with Crippen LogP contribution in [-0.2, 0) is 4.74 Å². The normalized spacial score (nSPS) is 14.2. The number of benzene rings is 1. The van der Waals surface area contributed by atoms with Crippen LogP contribution in [0.15, 0.2) is 36.7 Å². The molecule has 1 fully saturated rings. The summed E-state index contributed by atoms with van der Waals surface area (Å²) in [6, 6.07) is 6.22. The molecule has 2 aromatic rings. The van der Waals surface area contributed by atoms with Crippen LogP contribution in [0.25, 0.3) is 0 Å². The Hall–Kier alpha value is -2.43. The number of halogens is 2. The second-order valence-electron chi connectivity index (χ2n) is 7.73. The van der Waals surface area contributed by atoms with Gasteiger partial charge < -0.3 is 20.3 Å². The van der Waals surface area contributed by atoms with Gasteiger partial charge in [0.15, 0.2) is 0 Å². The average molecular weight is 512 g/mol. The van der Waals surface area contributed by atoms with Crippen LogP contribution in [0, 0.1) is 9.39 Å². The molecule has 7 nitrogen and oxygen atoms in total. The van der Waals surface area contributed by atoms with E-state index >= 15 is 0 Å². The number of carbonyl (C=O) groups is 2. The highest BCUT2D eigenvalue weighted by atomic mass is 127. The number of amides is 2. The third-order valence-corrected chi connectivity index (χ3v) is 4.81. The Balaban J connectivity index is 1.62. The van der Waals surface area contributed by atoms with E-state index in [9.17, 15) is 14.0 Å². The van der Waals surface area contributed by atoms with Crippen LogP contribution in [0.2, 0.25) is 0 Å². The van der Waals surface area contributed by atoms with E-state index in [2.05, 4.69) is 15.6 Å². The van der Waals surface area contributed by atoms with Gasteiger partial charge in [-0.15, -0.1) is 0 Å². The maximum absolute atomic E-state index is 14.1. The summed E-state index contributed by atoms with van der Waals surface area (Å²) in [7, 11) is 0. The molecule has 0 unspecified atom stereocenters. The Kier molecular flexibility index (Phi) is 6.25. The second-order valence-corrected chi connectivity index (χ2v) is 8.97. The number of hydrogen-bond acceptors (Lipinski definition) is 5. The van der Waals surface area contributed by atoms with Gasteiger partial charge in [0.05, 0.1) is 23.0 Å². The topological polar surface area (TPSA) is 83.6 Å². The fourth-order valence-electron chi connectivity index (χ4n) is 2.73.